The lowest BCUT2D eigenvalue weighted by Crippen LogP contribution is -2.30. The first-order chi connectivity index (χ1) is 11.8. The molecule has 8 heteroatoms. The van der Waals surface area contributed by atoms with Crippen molar-refractivity contribution in [2.75, 3.05) is 10.6 Å². The summed E-state index contributed by atoms with van der Waals surface area (Å²) in [5.41, 5.74) is 0.969. The smallest absolute Gasteiger partial charge is 0.265 e. The van der Waals surface area contributed by atoms with E-state index in [2.05, 4.69) is 26.6 Å². The molecule has 2 aromatic rings. The number of amides is 2. The molecule has 5 nitrogen and oxygen atoms in total. The molecule has 0 aliphatic rings. The zero-order valence-electron chi connectivity index (χ0n) is 13.4. The molecular weight excluding hydrogens is 431 g/mol. The minimum atomic E-state index is -0.761. The average molecular weight is 446 g/mol. The minimum absolute atomic E-state index is 0.205. The van der Waals surface area contributed by atoms with E-state index in [1.54, 1.807) is 43.3 Å². The molecule has 2 rings (SSSR count). The Morgan fingerprint density at radius 2 is 1.84 bits per heavy atom. The predicted octanol–water partition coefficient (Wildman–Crippen LogP) is 5.12. The van der Waals surface area contributed by atoms with Crippen molar-refractivity contribution < 1.29 is 14.3 Å². The van der Waals surface area contributed by atoms with E-state index in [0.29, 0.717) is 31.6 Å². The third-order valence-electron chi connectivity index (χ3n) is 3.11. The highest BCUT2D eigenvalue weighted by molar-refractivity contribution is 9.10. The predicted molar refractivity (Wildman–Crippen MR) is 104 cm³/mol. The highest BCUT2D eigenvalue weighted by Gasteiger charge is 2.17. The molecule has 2 amide bonds. The average Bonchev–Trinajstić information content (AvgIpc) is 2.52. The lowest BCUT2D eigenvalue weighted by Gasteiger charge is -2.16. The van der Waals surface area contributed by atoms with Crippen molar-refractivity contribution in [3.8, 4) is 5.75 Å². The first kappa shape index (κ1) is 19.6. The van der Waals surface area contributed by atoms with Crippen LogP contribution in [0.4, 0.5) is 11.4 Å². The van der Waals surface area contributed by atoms with Crippen LogP contribution >= 0.6 is 39.1 Å². The first-order valence-electron chi connectivity index (χ1n) is 7.26. The monoisotopic (exact) mass is 444 g/mol. The molecule has 0 aliphatic carbocycles. The summed E-state index contributed by atoms with van der Waals surface area (Å²) in [6.45, 7) is 3.02. The maximum absolute atomic E-state index is 12.3. The van der Waals surface area contributed by atoms with E-state index >= 15 is 0 Å². The number of nitrogens with one attached hydrogen (secondary N) is 2. The Labute approximate surface area is 163 Å². The van der Waals surface area contributed by atoms with Gasteiger partial charge in [-0.1, -0.05) is 23.2 Å². The number of hydrogen-bond donors (Lipinski definition) is 2. The van der Waals surface area contributed by atoms with Crippen molar-refractivity contribution >= 4 is 62.3 Å². The van der Waals surface area contributed by atoms with E-state index in [4.69, 9.17) is 27.9 Å². The van der Waals surface area contributed by atoms with Crippen molar-refractivity contribution in [1.82, 2.24) is 0 Å². The molecule has 25 heavy (non-hydrogen) atoms. The van der Waals surface area contributed by atoms with Crippen LogP contribution < -0.4 is 15.4 Å². The summed E-state index contributed by atoms with van der Waals surface area (Å²) < 4.78 is 6.28. The summed E-state index contributed by atoms with van der Waals surface area (Å²) >= 11 is 15.3. The molecule has 0 spiro atoms. The molecule has 132 valence electrons. The van der Waals surface area contributed by atoms with Gasteiger partial charge in [0.05, 0.1) is 15.2 Å². The summed E-state index contributed by atoms with van der Waals surface area (Å²) in [5.74, 6) is -0.0707. The number of halogens is 3. The number of anilines is 2. The van der Waals surface area contributed by atoms with Gasteiger partial charge in [-0.2, -0.15) is 0 Å². The largest absolute Gasteiger partial charge is 0.480 e. The van der Waals surface area contributed by atoms with Crippen LogP contribution in [0.5, 0.6) is 5.75 Å². The fourth-order valence-corrected chi connectivity index (χ4v) is 2.95. The molecule has 2 aromatic carbocycles. The number of carbonyl (C=O) groups is 2. The van der Waals surface area contributed by atoms with Gasteiger partial charge in [0, 0.05) is 17.6 Å². The highest BCUT2D eigenvalue weighted by atomic mass is 79.9. The maximum atomic E-state index is 12.3. The van der Waals surface area contributed by atoms with Crippen LogP contribution in [0, 0.1) is 0 Å². The van der Waals surface area contributed by atoms with Crippen molar-refractivity contribution in [2.45, 2.75) is 20.0 Å². The second-order valence-electron chi connectivity index (χ2n) is 5.20. The Balaban J connectivity index is 2.04. The van der Waals surface area contributed by atoms with Gasteiger partial charge in [-0.3, -0.25) is 9.59 Å². The molecule has 0 fully saturated rings. The molecular formula is C17H15BrCl2N2O3. The van der Waals surface area contributed by atoms with Gasteiger partial charge < -0.3 is 15.4 Å². The summed E-state index contributed by atoms with van der Waals surface area (Å²) in [7, 11) is 0. The van der Waals surface area contributed by atoms with Gasteiger partial charge in [0.1, 0.15) is 5.75 Å². The fourth-order valence-electron chi connectivity index (χ4n) is 1.95. The van der Waals surface area contributed by atoms with Crippen LogP contribution in [-0.4, -0.2) is 17.9 Å². The highest BCUT2D eigenvalue weighted by Crippen LogP contribution is 2.29. The van der Waals surface area contributed by atoms with Crippen molar-refractivity contribution in [3.05, 3.63) is 50.9 Å². The van der Waals surface area contributed by atoms with Gasteiger partial charge in [-0.15, -0.1) is 0 Å². The Morgan fingerprint density at radius 1 is 1.12 bits per heavy atom. The molecule has 1 unspecified atom stereocenters. The molecule has 0 bridgehead atoms. The van der Waals surface area contributed by atoms with Gasteiger partial charge in [0.2, 0.25) is 5.91 Å². The van der Waals surface area contributed by atoms with Gasteiger partial charge in [0.25, 0.3) is 5.91 Å². The number of carbonyl (C=O) groups excluding carboxylic acids is 2. The summed E-state index contributed by atoms with van der Waals surface area (Å²) in [4.78, 5) is 23.4. The van der Waals surface area contributed by atoms with E-state index in [9.17, 15) is 9.59 Å². The molecule has 1 atom stereocenters. The molecule has 0 heterocycles. The molecule has 0 radical (unpaired) electrons. The van der Waals surface area contributed by atoms with Gasteiger partial charge in [-0.25, -0.2) is 0 Å². The third kappa shape index (κ3) is 5.63. The number of rotatable bonds is 5. The summed E-state index contributed by atoms with van der Waals surface area (Å²) in [5, 5.41) is 6.17. The Morgan fingerprint density at radius 3 is 2.44 bits per heavy atom. The van der Waals surface area contributed by atoms with E-state index < -0.39 is 6.10 Å². The Hall–Kier alpha value is -1.76. The van der Waals surface area contributed by atoms with E-state index in [0.717, 1.165) is 0 Å². The first-order valence-corrected chi connectivity index (χ1v) is 8.81. The van der Waals surface area contributed by atoms with E-state index in [-0.39, 0.29) is 11.8 Å². The topological polar surface area (TPSA) is 67.4 Å². The van der Waals surface area contributed by atoms with Crippen molar-refractivity contribution in [2.24, 2.45) is 0 Å². The molecule has 0 aromatic heterocycles. The van der Waals surface area contributed by atoms with Crippen LogP contribution in [0.15, 0.2) is 40.9 Å². The zero-order valence-corrected chi connectivity index (χ0v) is 16.5. The molecule has 0 aliphatic heterocycles. The number of benzene rings is 2. The summed E-state index contributed by atoms with van der Waals surface area (Å²) in [6, 6.07) is 9.83. The zero-order chi connectivity index (χ0) is 18.6. The van der Waals surface area contributed by atoms with Crippen molar-refractivity contribution in [3.63, 3.8) is 0 Å². The van der Waals surface area contributed by atoms with Gasteiger partial charge in [0.15, 0.2) is 6.10 Å². The maximum Gasteiger partial charge on any atom is 0.265 e. The Bertz CT molecular complexity index is 814. The number of ether oxygens (including phenoxy) is 1. The lowest BCUT2D eigenvalue weighted by molar-refractivity contribution is -0.122. The molecule has 2 N–H and O–H groups in total. The SMILES string of the molecule is CC(=O)Nc1ccc(NC(=O)C(C)Oc2ccc(Cl)cc2Br)c(Cl)c1. The fraction of sp³-hybridized carbons (Fsp3) is 0.176. The minimum Gasteiger partial charge on any atom is -0.480 e. The van der Waals surface area contributed by atoms with Crippen LogP contribution in [0.2, 0.25) is 10.0 Å². The van der Waals surface area contributed by atoms with E-state index in [1.165, 1.54) is 6.92 Å². The van der Waals surface area contributed by atoms with Crippen LogP contribution in [-0.2, 0) is 9.59 Å². The number of hydrogen-bond acceptors (Lipinski definition) is 3. The van der Waals surface area contributed by atoms with Crippen LogP contribution in [0.25, 0.3) is 0 Å². The second-order valence-corrected chi connectivity index (χ2v) is 6.90. The second kappa shape index (κ2) is 8.56. The normalized spacial score (nSPS) is 11.6. The van der Waals surface area contributed by atoms with Gasteiger partial charge in [-0.05, 0) is 59.3 Å². The summed E-state index contributed by atoms with van der Waals surface area (Å²) in [6.07, 6.45) is -0.761. The van der Waals surface area contributed by atoms with Crippen LogP contribution in [0.3, 0.4) is 0 Å². The molecule has 0 saturated heterocycles. The third-order valence-corrected chi connectivity index (χ3v) is 4.28. The van der Waals surface area contributed by atoms with E-state index in [1.807, 2.05) is 0 Å². The molecule has 0 saturated carbocycles. The van der Waals surface area contributed by atoms with Crippen molar-refractivity contribution in [1.29, 1.82) is 0 Å². The van der Waals surface area contributed by atoms with Crippen LogP contribution in [0.1, 0.15) is 13.8 Å². The van der Waals surface area contributed by atoms with Gasteiger partial charge >= 0.3 is 0 Å². The quantitative estimate of drug-likeness (QED) is 0.670. The lowest BCUT2D eigenvalue weighted by atomic mass is 10.2. The standard InChI is InChI=1S/C17H15BrCl2N2O3/c1-9(25-16-6-3-11(19)7-13(16)18)17(24)22-15-5-4-12(8-14(15)20)21-10(2)23/h3-9H,1-2H3,(H,21,23)(H,22,24). The Kier molecular flexibility index (Phi) is 6.70.